The van der Waals surface area contributed by atoms with Gasteiger partial charge in [0.2, 0.25) is 5.88 Å². The summed E-state index contributed by atoms with van der Waals surface area (Å²) in [6, 6.07) is 8.28. The van der Waals surface area contributed by atoms with Gasteiger partial charge in [0.05, 0.1) is 11.5 Å². The highest BCUT2D eigenvalue weighted by atomic mass is 16.6. The van der Waals surface area contributed by atoms with Crippen LogP contribution in [0.2, 0.25) is 0 Å². The zero-order valence-corrected chi connectivity index (χ0v) is 16.6. The molecule has 0 unspecified atom stereocenters. The quantitative estimate of drug-likeness (QED) is 0.393. The average molecular weight is 398 g/mol. The third kappa shape index (κ3) is 5.22. The van der Waals surface area contributed by atoms with Crippen LogP contribution >= 0.6 is 0 Å². The Labute approximate surface area is 170 Å². The molecule has 1 amide bonds. The lowest BCUT2D eigenvalue weighted by Crippen LogP contribution is -2.24. The summed E-state index contributed by atoms with van der Waals surface area (Å²) in [6.07, 6.45) is 5.63. The number of hydrogen-bond donors (Lipinski definition) is 1. The van der Waals surface area contributed by atoms with Gasteiger partial charge in [-0.1, -0.05) is 19.4 Å². The van der Waals surface area contributed by atoms with Crippen LogP contribution < -0.4 is 15.0 Å². The van der Waals surface area contributed by atoms with E-state index in [0.717, 1.165) is 44.3 Å². The minimum atomic E-state index is -0.425. The van der Waals surface area contributed by atoms with E-state index in [4.69, 9.17) is 4.74 Å². The second-order valence-electron chi connectivity index (χ2n) is 7.01. The van der Waals surface area contributed by atoms with Crippen LogP contribution in [0.3, 0.4) is 0 Å². The van der Waals surface area contributed by atoms with Crippen LogP contribution in [0.25, 0.3) is 0 Å². The van der Waals surface area contributed by atoms with Gasteiger partial charge in [0.1, 0.15) is 5.69 Å². The van der Waals surface area contributed by atoms with Crippen molar-refractivity contribution in [3.8, 4) is 5.88 Å². The molecule has 1 aromatic heterocycles. The van der Waals surface area contributed by atoms with Crippen molar-refractivity contribution in [2.75, 3.05) is 24.6 Å². The zero-order valence-electron chi connectivity index (χ0n) is 16.6. The molecule has 1 N–H and O–H groups in total. The number of rotatable bonds is 9. The fourth-order valence-electron chi connectivity index (χ4n) is 3.32. The van der Waals surface area contributed by atoms with E-state index in [2.05, 4.69) is 17.2 Å². The summed E-state index contributed by atoms with van der Waals surface area (Å²) in [7, 11) is 0. The maximum atomic E-state index is 12.6. The predicted octanol–water partition coefficient (Wildman–Crippen LogP) is 3.70. The first-order chi connectivity index (χ1) is 14.1. The summed E-state index contributed by atoms with van der Waals surface area (Å²) < 4.78 is 5.68. The third-order valence-electron chi connectivity index (χ3n) is 4.91. The van der Waals surface area contributed by atoms with Gasteiger partial charge in [-0.3, -0.25) is 14.9 Å². The Hall–Kier alpha value is -3.16. The minimum absolute atomic E-state index is 0.0375. The highest BCUT2D eigenvalue weighted by molar-refractivity contribution is 5.95. The van der Waals surface area contributed by atoms with Crippen LogP contribution in [0.5, 0.6) is 5.88 Å². The molecule has 0 radical (unpaired) electrons. The fourth-order valence-corrected chi connectivity index (χ4v) is 3.32. The van der Waals surface area contributed by atoms with Crippen LogP contribution in [0.4, 0.5) is 11.4 Å². The van der Waals surface area contributed by atoms with Crippen molar-refractivity contribution in [2.45, 2.75) is 39.2 Å². The van der Waals surface area contributed by atoms with Crippen LogP contribution in [-0.2, 0) is 6.54 Å². The maximum Gasteiger partial charge on any atom is 0.293 e. The first-order valence-corrected chi connectivity index (χ1v) is 9.98. The fraction of sp³-hybridized carbons (Fsp3) is 0.429. The minimum Gasteiger partial charge on any atom is -0.477 e. The van der Waals surface area contributed by atoms with E-state index in [1.165, 1.54) is 6.07 Å². The Bertz CT molecular complexity index is 866. The molecule has 1 fully saturated rings. The summed E-state index contributed by atoms with van der Waals surface area (Å²) >= 11 is 0. The number of nitro benzene ring substituents is 1. The summed E-state index contributed by atoms with van der Waals surface area (Å²) in [6.45, 7) is 4.48. The van der Waals surface area contributed by atoms with Crippen LogP contribution in [0.1, 0.15) is 48.5 Å². The number of unbranched alkanes of at least 4 members (excludes halogenated alkanes) is 1. The summed E-state index contributed by atoms with van der Waals surface area (Å²) in [4.78, 5) is 29.9. The first kappa shape index (κ1) is 20.6. The molecule has 8 nitrogen and oxygen atoms in total. The van der Waals surface area contributed by atoms with Gasteiger partial charge >= 0.3 is 0 Å². The Morgan fingerprint density at radius 2 is 2.10 bits per heavy atom. The average Bonchev–Trinajstić information content (AvgIpc) is 3.27. The van der Waals surface area contributed by atoms with Crippen molar-refractivity contribution in [3.63, 3.8) is 0 Å². The lowest BCUT2D eigenvalue weighted by atomic mass is 10.1. The monoisotopic (exact) mass is 398 g/mol. The number of nitro groups is 1. The second kappa shape index (κ2) is 9.86. The molecule has 154 valence electrons. The molecule has 1 aliphatic rings. The number of carbonyl (C=O) groups is 1. The van der Waals surface area contributed by atoms with Crippen molar-refractivity contribution >= 4 is 17.3 Å². The molecule has 29 heavy (non-hydrogen) atoms. The summed E-state index contributed by atoms with van der Waals surface area (Å²) in [5, 5.41) is 14.3. The number of amides is 1. The largest absolute Gasteiger partial charge is 0.477 e. The van der Waals surface area contributed by atoms with Gasteiger partial charge in [0.25, 0.3) is 11.6 Å². The summed E-state index contributed by atoms with van der Waals surface area (Å²) in [5.41, 5.74) is 1.56. The molecule has 0 bridgehead atoms. The molecule has 0 spiro atoms. The molecular weight excluding hydrogens is 372 g/mol. The first-order valence-electron chi connectivity index (χ1n) is 9.98. The number of hydrogen-bond acceptors (Lipinski definition) is 6. The Morgan fingerprint density at radius 1 is 1.31 bits per heavy atom. The zero-order chi connectivity index (χ0) is 20.6. The number of benzene rings is 1. The van der Waals surface area contributed by atoms with E-state index in [9.17, 15) is 14.9 Å². The van der Waals surface area contributed by atoms with Crippen molar-refractivity contribution in [1.29, 1.82) is 0 Å². The van der Waals surface area contributed by atoms with E-state index in [0.29, 0.717) is 18.2 Å². The van der Waals surface area contributed by atoms with Gasteiger partial charge < -0.3 is 15.0 Å². The SMILES string of the molecule is CCCCOc1ncccc1CNC(=O)c1ccc(N2CCCC2)c([N+](=O)[O-])c1. The predicted molar refractivity (Wildman–Crippen MR) is 110 cm³/mol. The molecule has 3 rings (SSSR count). The normalized spacial score (nSPS) is 13.3. The van der Waals surface area contributed by atoms with Gasteiger partial charge in [0.15, 0.2) is 0 Å². The van der Waals surface area contributed by atoms with Crippen molar-refractivity contribution in [2.24, 2.45) is 0 Å². The van der Waals surface area contributed by atoms with Crippen LogP contribution in [0, 0.1) is 10.1 Å². The number of ether oxygens (including phenoxy) is 1. The van der Waals surface area contributed by atoms with E-state index in [-0.39, 0.29) is 23.7 Å². The van der Waals surface area contributed by atoms with Crippen molar-refractivity contribution in [3.05, 3.63) is 57.8 Å². The highest BCUT2D eigenvalue weighted by Crippen LogP contribution is 2.31. The molecule has 8 heteroatoms. The smallest absolute Gasteiger partial charge is 0.293 e. The Balaban J connectivity index is 1.70. The number of nitrogens with one attached hydrogen (secondary N) is 1. The lowest BCUT2D eigenvalue weighted by Gasteiger charge is -2.18. The van der Waals surface area contributed by atoms with Crippen molar-refractivity contribution < 1.29 is 14.5 Å². The molecule has 1 aliphatic heterocycles. The molecule has 0 saturated carbocycles. The lowest BCUT2D eigenvalue weighted by molar-refractivity contribution is -0.384. The highest BCUT2D eigenvalue weighted by Gasteiger charge is 2.23. The molecule has 2 heterocycles. The van der Waals surface area contributed by atoms with Crippen LogP contribution in [0.15, 0.2) is 36.5 Å². The topological polar surface area (TPSA) is 97.6 Å². The Kier molecular flexibility index (Phi) is 6.99. The summed E-state index contributed by atoms with van der Waals surface area (Å²) in [5.74, 6) is 0.126. The number of aromatic nitrogens is 1. The van der Waals surface area contributed by atoms with Crippen LogP contribution in [-0.4, -0.2) is 35.5 Å². The van der Waals surface area contributed by atoms with E-state index in [1.54, 1.807) is 24.4 Å². The van der Waals surface area contributed by atoms with Gasteiger partial charge in [0, 0.05) is 43.0 Å². The number of pyridine rings is 1. The number of anilines is 1. The van der Waals surface area contributed by atoms with Crippen molar-refractivity contribution in [1.82, 2.24) is 10.3 Å². The second-order valence-corrected chi connectivity index (χ2v) is 7.01. The molecule has 1 aromatic carbocycles. The molecule has 0 atom stereocenters. The molecule has 1 saturated heterocycles. The third-order valence-corrected chi connectivity index (χ3v) is 4.91. The van der Waals surface area contributed by atoms with Gasteiger partial charge in [-0.2, -0.15) is 0 Å². The van der Waals surface area contributed by atoms with Gasteiger partial charge in [-0.25, -0.2) is 4.98 Å². The molecular formula is C21H26N4O4. The number of carbonyl (C=O) groups excluding carboxylic acids is 1. The van der Waals surface area contributed by atoms with Gasteiger partial charge in [-0.15, -0.1) is 0 Å². The standard InChI is InChI=1S/C21H26N4O4/c1-2-3-13-29-21-17(7-6-10-22-21)15-23-20(26)16-8-9-18(19(14-16)25(27)28)24-11-4-5-12-24/h6-10,14H,2-5,11-13,15H2,1H3,(H,23,26). The Morgan fingerprint density at radius 3 is 2.83 bits per heavy atom. The molecule has 2 aromatic rings. The van der Waals surface area contributed by atoms with E-state index in [1.807, 2.05) is 11.0 Å². The van der Waals surface area contributed by atoms with E-state index >= 15 is 0 Å². The maximum absolute atomic E-state index is 12.6. The molecule has 0 aliphatic carbocycles. The van der Waals surface area contributed by atoms with Gasteiger partial charge in [-0.05, 0) is 37.5 Å². The van der Waals surface area contributed by atoms with E-state index < -0.39 is 4.92 Å². The number of nitrogens with zero attached hydrogens (tertiary/aromatic N) is 3.